The number of nitrogens with one attached hydrogen (secondary N) is 1. The fraction of sp³-hybridized carbons (Fsp3) is 0.222. The second-order valence-corrected chi connectivity index (χ2v) is 5.24. The Morgan fingerprint density at radius 2 is 1.90 bits per heavy atom. The maximum Gasteiger partial charge on any atom is 0.123 e. The number of terminal acetylenes is 1. The molecule has 100 valence electrons. The molecule has 0 bridgehead atoms. The second kappa shape index (κ2) is 5.38. The highest BCUT2D eigenvalue weighted by molar-refractivity contribution is 5.51. The van der Waals surface area contributed by atoms with Gasteiger partial charge in [-0.15, -0.1) is 6.42 Å². The van der Waals surface area contributed by atoms with Crippen molar-refractivity contribution in [3.63, 3.8) is 0 Å². The molecule has 3 rings (SSSR count). The van der Waals surface area contributed by atoms with Crippen molar-refractivity contribution in [2.75, 3.05) is 5.32 Å². The average Bonchev–Trinajstić information content (AvgIpc) is 3.31. The van der Waals surface area contributed by atoms with Gasteiger partial charge in [-0.1, -0.05) is 24.1 Å². The molecule has 0 aliphatic heterocycles. The molecular formula is C18H16FN. The first-order valence-corrected chi connectivity index (χ1v) is 6.85. The predicted molar refractivity (Wildman–Crippen MR) is 79.9 cm³/mol. The van der Waals surface area contributed by atoms with Crippen molar-refractivity contribution >= 4 is 5.69 Å². The van der Waals surface area contributed by atoms with Crippen molar-refractivity contribution in [3.8, 4) is 12.3 Å². The third kappa shape index (κ3) is 2.83. The molecule has 1 nitrogen and oxygen atoms in total. The Bertz CT molecular complexity index is 635. The zero-order valence-electron chi connectivity index (χ0n) is 11.1. The average molecular weight is 265 g/mol. The third-order valence-electron chi connectivity index (χ3n) is 3.67. The molecule has 0 radical (unpaired) electrons. The quantitative estimate of drug-likeness (QED) is 0.809. The molecule has 1 atom stereocenters. The molecule has 0 saturated heterocycles. The lowest BCUT2D eigenvalue weighted by Gasteiger charge is -2.20. The summed E-state index contributed by atoms with van der Waals surface area (Å²) >= 11 is 0. The highest BCUT2D eigenvalue weighted by Gasteiger charge is 2.32. The number of rotatable bonds is 4. The first-order valence-electron chi connectivity index (χ1n) is 6.85. The van der Waals surface area contributed by atoms with Crippen molar-refractivity contribution in [3.05, 3.63) is 65.5 Å². The largest absolute Gasteiger partial charge is 0.378 e. The van der Waals surface area contributed by atoms with Crippen molar-refractivity contribution in [1.29, 1.82) is 0 Å². The van der Waals surface area contributed by atoms with E-state index in [1.807, 2.05) is 36.4 Å². The van der Waals surface area contributed by atoms with Gasteiger partial charge in [0.2, 0.25) is 0 Å². The van der Waals surface area contributed by atoms with Gasteiger partial charge >= 0.3 is 0 Å². The molecule has 0 aromatic heterocycles. The minimum absolute atomic E-state index is 0.197. The minimum Gasteiger partial charge on any atom is -0.378 e. The van der Waals surface area contributed by atoms with Gasteiger partial charge in [-0.05, 0) is 54.7 Å². The molecule has 1 unspecified atom stereocenters. The molecule has 1 fully saturated rings. The van der Waals surface area contributed by atoms with E-state index in [-0.39, 0.29) is 11.9 Å². The normalized spacial score (nSPS) is 15.4. The lowest BCUT2D eigenvalue weighted by Crippen LogP contribution is -2.13. The van der Waals surface area contributed by atoms with Gasteiger partial charge in [0, 0.05) is 11.3 Å². The molecule has 2 heteroatoms. The van der Waals surface area contributed by atoms with Crippen LogP contribution in [0.25, 0.3) is 0 Å². The molecule has 0 amide bonds. The van der Waals surface area contributed by atoms with E-state index in [2.05, 4.69) is 11.2 Å². The Kier molecular flexibility index (Phi) is 3.43. The zero-order valence-corrected chi connectivity index (χ0v) is 11.1. The lowest BCUT2D eigenvalue weighted by atomic mass is 10.0. The van der Waals surface area contributed by atoms with Crippen LogP contribution in [-0.2, 0) is 0 Å². The van der Waals surface area contributed by atoms with Crippen molar-refractivity contribution < 1.29 is 4.39 Å². The van der Waals surface area contributed by atoms with Crippen LogP contribution < -0.4 is 5.32 Å². The van der Waals surface area contributed by atoms with Crippen LogP contribution in [0.3, 0.4) is 0 Å². The maximum atomic E-state index is 13.0. The van der Waals surface area contributed by atoms with Crippen molar-refractivity contribution in [2.45, 2.75) is 18.9 Å². The summed E-state index contributed by atoms with van der Waals surface area (Å²) < 4.78 is 13.0. The summed E-state index contributed by atoms with van der Waals surface area (Å²) in [5.74, 6) is 3.07. The number of hydrogen-bond acceptors (Lipinski definition) is 1. The van der Waals surface area contributed by atoms with E-state index < -0.39 is 0 Å². The van der Waals surface area contributed by atoms with Gasteiger partial charge in [-0.2, -0.15) is 0 Å². The molecule has 1 N–H and O–H groups in total. The monoisotopic (exact) mass is 265 g/mol. The summed E-state index contributed by atoms with van der Waals surface area (Å²) in [7, 11) is 0. The molecule has 1 aliphatic rings. The van der Waals surface area contributed by atoms with Crippen LogP contribution in [0.15, 0.2) is 48.5 Å². The second-order valence-electron chi connectivity index (χ2n) is 5.24. The highest BCUT2D eigenvalue weighted by atomic mass is 19.1. The molecule has 2 aromatic carbocycles. The maximum absolute atomic E-state index is 13.0. The Labute approximate surface area is 118 Å². The summed E-state index contributed by atoms with van der Waals surface area (Å²) in [6, 6.07) is 14.8. The first-order chi connectivity index (χ1) is 9.76. The van der Waals surface area contributed by atoms with E-state index in [4.69, 9.17) is 6.42 Å². The van der Waals surface area contributed by atoms with Crippen LogP contribution in [0, 0.1) is 24.1 Å². The van der Waals surface area contributed by atoms with Gasteiger partial charge in [0.1, 0.15) is 5.82 Å². The van der Waals surface area contributed by atoms with Crippen molar-refractivity contribution in [2.24, 2.45) is 5.92 Å². The van der Waals surface area contributed by atoms with Gasteiger partial charge < -0.3 is 5.32 Å². The lowest BCUT2D eigenvalue weighted by molar-refractivity contribution is 0.622. The summed E-state index contributed by atoms with van der Waals surface area (Å²) in [4.78, 5) is 0. The fourth-order valence-corrected chi connectivity index (χ4v) is 2.45. The molecule has 0 heterocycles. The molecule has 1 aliphatic carbocycles. The van der Waals surface area contributed by atoms with Crippen molar-refractivity contribution in [1.82, 2.24) is 0 Å². The Morgan fingerprint density at radius 1 is 1.15 bits per heavy atom. The van der Waals surface area contributed by atoms with Gasteiger partial charge in [0.15, 0.2) is 0 Å². The summed E-state index contributed by atoms with van der Waals surface area (Å²) in [5, 5.41) is 3.53. The summed E-state index contributed by atoms with van der Waals surface area (Å²) in [6.45, 7) is 0. The predicted octanol–water partition coefficient (Wildman–Crippen LogP) is 4.37. The van der Waals surface area contributed by atoms with Gasteiger partial charge in [0.05, 0.1) is 6.04 Å². The van der Waals surface area contributed by atoms with E-state index in [1.165, 1.54) is 25.0 Å². The minimum atomic E-state index is -0.197. The molecular weight excluding hydrogens is 249 g/mol. The Balaban J connectivity index is 1.84. The van der Waals surface area contributed by atoms with Gasteiger partial charge in [-0.3, -0.25) is 0 Å². The van der Waals surface area contributed by atoms with Crippen LogP contribution in [0.1, 0.15) is 30.0 Å². The Hall–Kier alpha value is -2.27. The fourth-order valence-electron chi connectivity index (χ4n) is 2.45. The van der Waals surface area contributed by atoms with Gasteiger partial charge in [-0.25, -0.2) is 4.39 Å². The number of halogens is 1. The molecule has 1 saturated carbocycles. The number of benzene rings is 2. The number of hydrogen-bond donors (Lipinski definition) is 1. The SMILES string of the molecule is C#Cc1cccc(NC(c2ccc(F)cc2)C2CC2)c1. The van der Waals surface area contributed by atoms with Crippen LogP contribution in [0.4, 0.5) is 10.1 Å². The summed E-state index contributed by atoms with van der Waals surface area (Å²) in [5.41, 5.74) is 3.00. The van der Waals surface area contributed by atoms with Gasteiger partial charge in [0.25, 0.3) is 0 Å². The smallest absolute Gasteiger partial charge is 0.123 e. The van der Waals surface area contributed by atoms with Crippen LogP contribution in [0.2, 0.25) is 0 Å². The summed E-state index contributed by atoms with van der Waals surface area (Å²) in [6.07, 6.45) is 7.85. The van der Waals surface area contributed by atoms with Crippen LogP contribution >= 0.6 is 0 Å². The third-order valence-corrected chi connectivity index (χ3v) is 3.67. The number of anilines is 1. The molecule has 20 heavy (non-hydrogen) atoms. The van der Waals surface area contributed by atoms with Crippen LogP contribution in [0.5, 0.6) is 0 Å². The van der Waals surface area contributed by atoms with Crippen LogP contribution in [-0.4, -0.2) is 0 Å². The highest BCUT2D eigenvalue weighted by Crippen LogP contribution is 2.42. The topological polar surface area (TPSA) is 12.0 Å². The van der Waals surface area contributed by atoms with E-state index in [0.29, 0.717) is 5.92 Å². The molecule has 2 aromatic rings. The Morgan fingerprint density at radius 3 is 2.55 bits per heavy atom. The first kappa shape index (κ1) is 12.7. The van der Waals surface area contributed by atoms with E-state index >= 15 is 0 Å². The van der Waals surface area contributed by atoms with E-state index in [0.717, 1.165) is 16.8 Å². The molecule has 0 spiro atoms. The standard InChI is InChI=1S/C18H16FN/c1-2-13-4-3-5-17(12-13)20-18(14-6-7-14)15-8-10-16(19)11-9-15/h1,3-5,8-12,14,18,20H,6-7H2. The van der Waals surface area contributed by atoms with E-state index in [1.54, 1.807) is 0 Å². The zero-order chi connectivity index (χ0) is 13.9. The van der Waals surface area contributed by atoms with E-state index in [9.17, 15) is 4.39 Å².